The Kier molecular flexibility index (Phi) is 5.82. The van der Waals surface area contributed by atoms with Crippen LogP contribution in [0.25, 0.3) is 11.1 Å². The van der Waals surface area contributed by atoms with Gasteiger partial charge in [0.15, 0.2) is 0 Å². The molecule has 0 bridgehead atoms. The number of aryl methyl sites for hydroxylation is 1. The van der Waals surface area contributed by atoms with Crippen molar-refractivity contribution in [3.05, 3.63) is 58.5 Å². The van der Waals surface area contributed by atoms with Crippen molar-refractivity contribution >= 4 is 12.0 Å². The second-order valence-corrected chi connectivity index (χ2v) is 7.16. The number of primary amides is 1. The summed E-state index contributed by atoms with van der Waals surface area (Å²) in [6.07, 6.45) is 2.55. The number of nitrogens with two attached hydrogens (primary N) is 1. The van der Waals surface area contributed by atoms with E-state index in [-0.39, 0.29) is 36.1 Å². The van der Waals surface area contributed by atoms with Crippen LogP contribution in [-0.2, 0) is 16.6 Å². The summed E-state index contributed by atoms with van der Waals surface area (Å²) >= 11 is 0. The fraction of sp³-hybridized carbons (Fsp3) is 0.381. The molecular weight excluding hydrogens is 358 g/mol. The summed E-state index contributed by atoms with van der Waals surface area (Å²) < 4.78 is 7.00. The number of carbonyl (C=O) groups is 2. The lowest BCUT2D eigenvalue weighted by atomic mass is 10.0. The second-order valence-electron chi connectivity index (χ2n) is 7.16. The van der Waals surface area contributed by atoms with Crippen molar-refractivity contribution in [3.63, 3.8) is 0 Å². The quantitative estimate of drug-likeness (QED) is 0.829. The monoisotopic (exact) mass is 383 g/mol. The summed E-state index contributed by atoms with van der Waals surface area (Å²) in [4.78, 5) is 36.5. The lowest BCUT2D eigenvalue weighted by Crippen LogP contribution is -2.43. The molecule has 2 atom stereocenters. The van der Waals surface area contributed by atoms with Gasteiger partial charge in [0.1, 0.15) is 6.10 Å². The van der Waals surface area contributed by atoms with Gasteiger partial charge in [-0.3, -0.25) is 9.59 Å². The zero-order valence-electron chi connectivity index (χ0n) is 16.1. The highest BCUT2D eigenvalue weighted by Gasteiger charge is 2.31. The molecule has 2 unspecified atom stereocenters. The Balaban J connectivity index is 1.67. The number of nitrogens with zero attached hydrogens (tertiary/aromatic N) is 2. The van der Waals surface area contributed by atoms with Gasteiger partial charge in [0, 0.05) is 38.7 Å². The van der Waals surface area contributed by atoms with E-state index < -0.39 is 0 Å². The maximum Gasteiger partial charge on any atom is 0.410 e. The number of amides is 2. The van der Waals surface area contributed by atoms with Gasteiger partial charge in [-0.15, -0.1) is 0 Å². The predicted octanol–water partition coefficient (Wildman–Crippen LogP) is 2.59. The number of carbonyl (C=O) groups excluding carboxylic acids is 2. The van der Waals surface area contributed by atoms with Crippen LogP contribution in [0.3, 0.4) is 0 Å². The fourth-order valence-corrected chi connectivity index (χ4v) is 3.40. The molecule has 1 aliphatic rings. The first-order valence-electron chi connectivity index (χ1n) is 9.37. The van der Waals surface area contributed by atoms with E-state index in [1.54, 1.807) is 34.8 Å². The average molecular weight is 383 g/mol. The van der Waals surface area contributed by atoms with Gasteiger partial charge in [0.05, 0.1) is 6.04 Å². The van der Waals surface area contributed by atoms with Crippen molar-refractivity contribution in [1.82, 2.24) is 9.47 Å². The third-order valence-electron chi connectivity index (χ3n) is 5.19. The molecule has 28 heavy (non-hydrogen) atoms. The molecule has 3 rings (SSSR count). The molecule has 1 aromatic carbocycles. The smallest absolute Gasteiger partial charge is 0.410 e. The van der Waals surface area contributed by atoms with E-state index in [0.717, 1.165) is 16.7 Å². The molecule has 2 amide bonds. The largest absolute Gasteiger partial charge is 0.446 e. The number of hydrogen-bond acceptors (Lipinski definition) is 4. The highest BCUT2D eigenvalue weighted by molar-refractivity contribution is 5.74. The molecule has 7 heteroatoms. The molecule has 1 aliphatic heterocycles. The van der Waals surface area contributed by atoms with E-state index >= 15 is 0 Å². The Morgan fingerprint density at radius 2 is 1.86 bits per heavy atom. The molecule has 148 valence electrons. The van der Waals surface area contributed by atoms with Crippen LogP contribution in [0.15, 0.2) is 47.4 Å². The Hall–Kier alpha value is -3.09. The minimum absolute atomic E-state index is 0.0493. The molecular formula is C21H25N3O4. The Labute approximate surface area is 163 Å². The van der Waals surface area contributed by atoms with E-state index in [0.29, 0.717) is 19.4 Å². The molecule has 1 fully saturated rings. The molecule has 0 saturated carbocycles. The molecule has 0 spiro atoms. The third kappa shape index (κ3) is 4.42. The zero-order valence-corrected chi connectivity index (χ0v) is 16.1. The van der Waals surface area contributed by atoms with Crippen molar-refractivity contribution < 1.29 is 14.3 Å². The van der Waals surface area contributed by atoms with Crippen molar-refractivity contribution in [2.75, 3.05) is 6.54 Å². The number of pyridine rings is 1. The number of benzene rings is 1. The normalized spacial score (nSPS) is 17.9. The second kappa shape index (κ2) is 8.29. The van der Waals surface area contributed by atoms with Gasteiger partial charge in [-0.1, -0.05) is 24.3 Å². The van der Waals surface area contributed by atoms with Crippen LogP contribution in [-0.4, -0.2) is 34.1 Å². The van der Waals surface area contributed by atoms with Crippen LogP contribution in [0.4, 0.5) is 4.79 Å². The maximum atomic E-state index is 12.4. The van der Waals surface area contributed by atoms with E-state index in [1.165, 1.54) is 0 Å². The van der Waals surface area contributed by atoms with Gasteiger partial charge >= 0.3 is 6.09 Å². The molecule has 0 radical (unpaired) electrons. The van der Waals surface area contributed by atoms with Gasteiger partial charge in [0.2, 0.25) is 11.5 Å². The van der Waals surface area contributed by atoms with Crippen LogP contribution in [0, 0.1) is 0 Å². The Morgan fingerprint density at radius 3 is 2.46 bits per heavy atom. The number of aromatic nitrogens is 1. The maximum absolute atomic E-state index is 12.4. The average Bonchev–Trinajstić information content (AvgIpc) is 2.68. The minimum Gasteiger partial charge on any atom is -0.446 e. The highest BCUT2D eigenvalue weighted by Crippen LogP contribution is 2.28. The topological polar surface area (TPSA) is 94.6 Å². The van der Waals surface area contributed by atoms with E-state index in [1.807, 2.05) is 31.2 Å². The number of hydrogen-bond donors (Lipinski definition) is 1. The summed E-state index contributed by atoms with van der Waals surface area (Å²) in [5.74, 6) is -0.384. The summed E-state index contributed by atoms with van der Waals surface area (Å²) in [5, 5.41) is 0. The van der Waals surface area contributed by atoms with Gasteiger partial charge in [-0.25, -0.2) is 4.79 Å². The van der Waals surface area contributed by atoms with Gasteiger partial charge < -0.3 is 19.9 Å². The predicted molar refractivity (Wildman–Crippen MR) is 106 cm³/mol. The van der Waals surface area contributed by atoms with Crippen molar-refractivity contribution in [3.8, 4) is 11.1 Å². The fourth-order valence-electron chi connectivity index (χ4n) is 3.40. The summed E-state index contributed by atoms with van der Waals surface area (Å²) in [6.45, 7) is 2.54. The first-order valence-corrected chi connectivity index (χ1v) is 9.37. The van der Waals surface area contributed by atoms with Crippen LogP contribution in [0.1, 0.15) is 37.8 Å². The minimum atomic E-state index is -0.384. The van der Waals surface area contributed by atoms with Gasteiger partial charge in [-0.2, -0.15) is 0 Å². The van der Waals surface area contributed by atoms with Crippen LogP contribution in [0.5, 0.6) is 0 Å². The highest BCUT2D eigenvalue weighted by atomic mass is 16.6. The SMILES string of the molecule is CC(c1ccc(-c2ccc(=O)n(C)c2)cc1)N1CCC(CCC(N)=O)OC1=O. The molecule has 2 aromatic rings. The lowest BCUT2D eigenvalue weighted by molar-refractivity contribution is -0.118. The van der Waals surface area contributed by atoms with Gasteiger partial charge in [-0.05, 0) is 36.1 Å². The van der Waals surface area contributed by atoms with E-state index in [4.69, 9.17) is 10.5 Å². The summed E-state index contributed by atoms with van der Waals surface area (Å²) in [5.41, 5.74) is 8.06. The summed E-state index contributed by atoms with van der Waals surface area (Å²) in [6, 6.07) is 11.2. The van der Waals surface area contributed by atoms with Crippen molar-refractivity contribution in [2.24, 2.45) is 12.8 Å². The van der Waals surface area contributed by atoms with Crippen LogP contribution >= 0.6 is 0 Å². The van der Waals surface area contributed by atoms with Crippen molar-refractivity contribution in [1.29, 1.82) is 0 Å². The number of ether oxygens (including phenoxy) is 1. The lowest BCUT2D eigenvalue weighted by Gasteiger charge is -2.35. The van der Waals surface area contributed by atoms with Crippen molar-refractivity contribution in [2.45, 2.75) is 38.3 Å². The molecule has 7 nitrogen and oxygen atoms in total. The summed E-state index contributed by atoms with van der Waals surface area (Å²) in [7, 11) is 1.72. The third-order valence-corrected chi connectivity index (χ3v) is 5.19. The molecule has 1 aromatic heterocycles. The number of rotatable bonds is 6. The molecule has 2 heterocycles. The van der Waals surface area contributed by atoms with Gasteiger partial charge in [0.25, 0.3) is 0 Å². The first-order chi connectivity index (χ1) is 13.3. The number of cyclic esters (lactones) is 1. The first kappa shape index (κ1) is 19.7. The van der Waals surface area contributed by atoms with E-state index in [9.17, 15) is 14.4 Å². The van der Waals surface area contributed by atoms with Crippen LogP contribution in [0.2, 0.25) is 0 Å². The Morgan fingerprint density at radius 1 is 1.18 bits per heavy atom. The Bertz CT molecular complexity index is 920. The zero-order chi connectivity index (χ0) is 20.3. The molecule has 1 saturated heterocycles. The molecule has 0 aliphatic carbocycles. The standard InChI is InChI=1S/C21H25N3O4/c1-14(24-12-11-18(28-21(24)27)8-9-19(22)25)15-3-5-16(6-4-15)17-7-10-20(26)23(2)13-17/h3-7,10,13-14,18H,8-9,11-12H2,1-2H3,(H2,22,25). The molecule has 2 N–H and O–H groups in total. The van der Waals surface area contributed by atoms with Crippen LogP contribution < -0.4 is 11.3 Å². The van der Waals surface area contributed by atoms with E-state index in [2.05, 4.69) is 0 Å².